The van der Waals surface area contributed by atoms with Gasteiger partial charge < -0.3 is 14.2 Å². The Labute approximate surface area is 506 Å². The predicted molar refractivity (Wildman–Crippen MR) is 357 cm³/mol. The second-order valence-corrected chi connectivity index (χ2v) is 22.3. The Balaban J connectivity index is 4.40. The maximum atomic E-state index is 12.9. The van der Waals surface area contributed by atoms with Crippen LogP contribution in [0, 0.1) is 0 Å². The van der Waals surface area contributed by atoms with Gasteiger partial charge in [-0.05, 0) is 109 Å². The lowest BCUT2D eigenvalue weighted by Crippen LogP contribution is -2.30. The molecule has 0 spiro atoms. The minimum absolute atomic E-state index is 0.101. The van der Waals surface area contributed by atoms with Crippen molar-refractivity contribution in [2.45, 2.75) is 316 Å². The average molecular weight is 1140 g/mol. The van der Waals surface area contributed by atoms with Gasteiger partial charge in [0.1, 0.15) is 13.2 Å². The van der Waals surface area contributed by atoms with Crippen LogP contribution in [-0.2, 0) is 28.6 Å². The highest BCUT2D eigenvalue weighted by Gasteiger charge is 2.19. The van der Waals surface area contributed by atoms with Crippen molar-refractivity contribution in [1.29, 1.82) is 0 Å². The summed E-state index contributed by atoms with van der Waals surface area (Å²) in [5.74, 6) is -0.953. The molecule has 0 aromatic heterocycles. The van der Waals surface area contributed by atoms with E-state index in [0.29, 0.717) is 19.3 Å². The van der Waals surface area contributed by atoms with E-state index in [-0.39, 0.29) is 37.5 Å². The summed E-state index contributed by atoms with van der Waals surface area (Å²) in [7, 11) is 0. The van der Waals surface area contributed by atoms with Gasteiger partial charge in [0, 0.05) is 19.3 Å². The Morgan fingerprint density at radius 1 is 0.256 bits per heavy atom. The summed E-state index contributed by atoms with van der Waals surface area (Å²) < 4.78 is 16.9. The third-order valence-corrected chi connectivity index (χ3v) is 14.4. The summed E-state index contributed by atoms with van der Waals surface area (Å²) in [4.78, 5) is 38.4. The van der Waals surface area contributed by atoms with E-state index < -0.39 is 6.10 Å². The zero-order valence-electron chi connectivity index (χ0n) is 53.5. The van der Waals surface area contributed by atoms with E-state index in [1.807, 2.05) is 0 Å². The molecule has 0 amide bonds. The number of rotatable bonds is 61. The molecule has 0 fully saturated rings. The summed E-state index contributed by atoms with van der Waals surface area (Å²) >= 11 is 0. The van der Waals surface area contributed by atoms with E-state index in [1.165, 1.54) is 148 Å². The minimum atomic E-state index is -0.813. The molecule has 0 aliphatic rings. The minimum Gasteiger partial charge on any atom is -0.462 e. The predicted octanol–water partition coefficient (Wildman–Crippen LogP) is 23.7. The van der Waals surface area contributed by atoms with Crippen LogP contribution >= 0.6 is 0 Å². The molecule has 466 valence electrons. The van der Waals surface area contributed by atoms with Gasteiger partial charge in [0.25, 0.3) is 0 Å². The molecule has 0 radical (unpaired) electrons. The Hall–Kier alpha value is -4.45. The quantitative estimate of drug-likeness (QED) is 0.0261. The van der Waals surface area contributed by atoms with E-state index in [2.05, 4.69) is 154 Å². The molecule has 82 heavy (non-hydrogen) atoms. The van der Waals surface area contributed by atoms with Crippen LogP contribution in [0.15, 0.2) is 134 Å². The number of allylic oxidation sites excluding steroid dienone is 22. The van der Waals surface area contributed by atoms with Crippen LogP contribution in [0.2, 0.25) is 0 Å². The summed E-state index contributed by atoms with van der Waals surface area (Å²) in [6.45, 7) is 6.39. The molecule has 6 heteroatoms. The number of hydrogen-bond donors (Lipinski definition) is 0. The van der Waals surface area contributed by atoms with Crippen LogP contribution in [-0.4, -0.2) is 37.2 Å². The third kappa shape index (κ3) is 66.4. The summed E-state index contributed by atoms with van der Waals surface area (Å²) in [6, 6.07) is 0. The van der Waals surface area contributed by atoms with Gasteiger partial charge in [-0.3, -0.25) is 14.4 Å². The van der Waals surface area contributed by atoms with Crippen LogP contribution in [0.1, 0.15) is 310 Å². The topological polar surface area (TPSA) is 78.9 Å². The van der Waals surface area contributed by atoms with Gasteiger partial charge in [-0.15, -0.1) is 0 Å². The fourth-order valence-electron chi connectivity index (χ4n) is 9.37. The van der Waals surface area contributed by atoms with E-state index in [1.54, 1.807) is 0 Å². The van der Waals surface area contributed by atoms with Crippen molar-refractivity contribution in [2.24, 2.45) is 0 Å². The molecule has 0 aromatic rings. The van der Waals surface area contributed by atoms with Gasteiger partial charge in [-0.2, -0.15) is 0 Å². The van der Waals surface area contributed by atoms with Crippen molar-refractivity contribution in [3.63, 3.8) is 0 Å². The fourth-order valence-corrected chi connectivity index (χ4v) is 9.37. The van der Waals surface area contributed by atoms with Gasteiger partial charge in [0.05, 0.1) is 0 Å². The van der Waals surface area contributed by atoms with Gasteiger partial charge in [0.15, 0.2) is 6.10 Å². The maximum absolute atomic E-state index is 12.9. The zero-order valence-corrected chi connectivity index (χ0v) is 53.5. The highest BCUT2D eigenvalue weighted by molar-refractivity contribution is 5.71. The Bertz CT molecular complexity index is 1730. The normalized spacial score (nSPS) is 13.0. The highest BCUT2D eigenvalue weighted by Crippen LogP contribution is 2.17. The molecule has 0 saturated heterocycles. The smallest absolute Gasteiger partial charge is 0.306 e. The third-order valence-electron chi connectivity index (χ3n) is 14.4. The van der Waals surface area contributed by atoms with Crippen molar-refractivity contribution in [1.82, 2.24) is 0 Å². The molecule has 0 heterocycles. The average Bonchev–Trinajstić information content (AvgIpc) is 3.47. The van der Waals surface area contributed by atoms with E-state index in [9.17, 15) is 14.4 Å². The van der Waals surface area contributed by atoms with Crippen LogP contribution in [0.5, 0.6) is 0 Å². The van der Waals surface area contributed by atoms with E-state index in [0.717, 1.165) is 116 Å². The van der Waals surface area contributed by atoms with Crippen LogP contribution in [0.4, 0.5) is 0 Å². The van der Waals surface area contributed by atoms with E-state index in [4.69, 9.17) is 14.2 Å². The summed E-state index contributed by atoms with van der Waals surface area (Å²) in [5.41, 5.74) is 0. The first-order valence-corrected chi connectivity index (χ1v) is 34.2. The van der Waals surface area contributed by atoms with Gasteiger partial charge >= 0.3 is 17.9 Å². The van der Waals surface area contributed by atoms with Crippen molar-refractivity contribution < 1.29 is 28.6 Å². The van der Waals surface area contributed by atoms with Gasteiger partial charge in [0.2, 0.25) is 0 Å². The number of carbonyl (C=O) groups excluding carboxylic acids is 3. The number of ether oxygens (including phenoxy) is 3. The SMILES string of the molecule is CC/C=C\C/C=C\C/C=C\C/C=C\C/C=C\C/C=C\C/C=C\CCCC(=O)OC(COC(=O)CCCCCCCCCCCCCCCC)COC(=O)CCCCCCCCCCCCCCCC/C=C\C/C=C\C/C=C\C/C=C\CC. The van der Waals surface area contributed by atoms with Crippen LogP contribution in [0.25, 0.3) is 0 Å². The van der Waals surface area contributed by atoms with Crippen molar-refractivity contribution in [2.75, 3.05) is 13.2 Å². The Morgan fingerprint density at radius 3 is 0.780 bits per heavy atom. The first kappa shape index (κ1) is 77.5. The number of hydrogen-bond acceptors (Lipinski definition) is 6. The molecule has 0 bridgehead atoms. The Kier molecular flexibility index (Phi) is 65.3. The van der Waals surface area contributed by atoms with Crippen molar-refractivity contribution in [3.8, 4) is 0 Å². The first-order chi connectivity index (χ1) is 40.5. The molecule has 0 N–H and O–H groups in total. The lowest BCUT2D eigenvalue weighted by molar-refractivity contribution is -0.167. The zero-order chi connectivity index (χ0) is 59.2. The molecule has 0 aromatic carbocycles. The monoisotopic (exact) mass is 1130 g/mol. The van der Waals surface area contributed by atoms with Gasteiger partial charge in [-0.1, -0.05) is 315 Å². The van der Waals surface area contributed by atoms with Crippen molar-refractivity contribution >= 4 is 17.9 Å². The van der Waals surface area contributed by atoms with Crippen LogP contribution in [0.3, 0.4) is 0 Å². The highest BCUT2D eigenvalue weighted by atomic mass is 16.6. The van der Waals surface area contributed by atoms with Gasteiger partial charge in [-0.25, -0.2) is 0 Å². The lowest BCUT2D eigenvalue weighted by Gasteiger charge is -2.18. The van der Waals surface area contributed by atoms with E-state index >= 15 is 0 Å². The standard InChI is InChI=1S/C76H126O6/c1-4-7-10-13-16-19-22-25-28-30-32-34-36-37-38-39-41-42-44-46-48-51-54-57-60-63-66-69-75(78)81-72-73(71-80-74(77)68-65-62-59-56-53-50-27-24-21-18-15-12-9-6-3)82-76(79)70-67-64-61-58-55-52-49-47-45-43-40-35-33-31-29-26-23-20-17-14-11-8-5-2/h7-8,10-11,16-17,19-20,25-26,28-29,32-35,43,45,49,52,58,61,73H,4-6,9,12-15,18,21-24,27,30-31,36-42,44,46-48,50-51,53-57,59-60,62-72H2,1-3H3/b10-7-,11-8-,19-16-,20-17-,28-25-,29-26-,34-32-,35-33-,45-43-,52-49-,61-58-. The van der Waals surface area contributed by atoms with Crippen molar-refractivity contribution in [3.05, 3.63) is 134 Å². The molecule has 1 unspecified atom stereocenters. The van der Waals surface area contributed by atoms with Crippen LogP contribution < -0.4 is 0 Å². The molecule has 0 rings (SSSR count). The summed E-state index contributed by atoms with van der Waals surface area (Å²) in [5, 5.41) is 0. The number of unbranched alkanes of at least 4 members (excludes halogenated alkanes) is 28. The summed E-state index contributed by atoms with van der Waals surface area (Å²) in [6.07, 6.45) is 97.6. The molecular formula is C76H126O6. The maximum Gasteiger partial charge on any atom is 0.306 e. The molecule has 6 nitrogen and oxygen atoms in total. The largest absolute Gasteiger partial charge is 0.462 e. The second-order valence-electron chi connectivity index (χ2n) is 22.3. The number of carbonyl (C=O) groups is 3. The Morgan fingerprint density at radius 2 is 0.488 bits per heavy atom. The molecule has 1 atom stereocenters. The molecular weight excluding hydrogens is 1010 g/mol. The molecule has 0 saturated carbocycles. The molecule has 0 aliphatic carbocycles. The lowest BCUT2D eigenvalue weighted by atomic mass is 10.0. The fraction of sp³-hybridized carbons (Fsp3) is 0.671. The first-order valence-electron chi connectivity index (χ1n) is 34.2. The number of esters is 3. The molecule has 0 aliphatic heterocycles. The second kappa shape index (κ2) is 69.0.